The molecule has 2 aromatic heterocycles. The number of piperidine rings is 1. The third-order valence-electron chi connectivity index (χ3n) is 9.21. The molecule has 0 aliphatic carbocycles. The summed E-state index contributed by atoms with van der Waals surface area (Å²) in [6, 6.07) is 21.5. The number of benzene rings is 2. The second kappa shape index (κ2) is 14.2. The molecular weight excluding hydrogens is 615 g/mol. The van der Waals surface area contributed by atoms with Gasteiger partial charge in [0.2, 0.25) is 5.56 Å². The van der Waals surface area contributed by atoms with E-state index in [9.17, 15) is 4.79 Å². The van der Waals surface area contributed by atoms with Crippen LogP contribution in [0.2, 0.25) is 0 Å². The monoisotopic (exact) mass is 655 g/mol. The molecule has 0 spiro atoms. The van der Waals surface area contributed by atoms with E-state index in [1.165, 1.54) is 30.7 Å². The number of ether oxygens (including phenoxy) is 2. The minimum absolute atomic E-state index is 0.0674. The third-order valence-corrected chi connectivity index (χ3v) is 11.8. The number of H-pyrrole nitrogens is 1. The maximum Gasteiger partial charge on any atom is 0.249 e. The summed E-state index contributed by atoms with van der Waals surface area (Å²) in [5, 5.41) is 3.93. The maximum absolute atomic E-state index is 12.0. The van der Waals surface area contributed by atoms with E-state index in [0.29, 0.717) is 19.1 Å². The van der Waals surface area contributed by atoms with Gasteiger partial charge in [-0.2, -0.15) is 0 Å². The average molecular weight is 656 g/mol. The highest BCUT2D eigenvalue weighted by Gasteiger charge is 2.31. The van der Waals surface area contributed by atoms with Crippen LogP contribution in [0.25, 0.3) is 0 Å². The van der Waals surface area contributed by atoms with Gasteiger partial charge in [0.15, 0.2) is 0 Å². The Morgan fingerprint density at radius 2 is 1.93 bits per heavy atom. The molecule has 4 aromatic rings. The van der Waals surface area contributed by atoms with Crippen LogP contribution in [-0.2, 0) is 9.47 Å². The van der Waals surface area contributed by atoms with Gasteiger partial charge in [-0.05, 0) is 86.3 Å². The molecule has 2 atom stereocenters. The van der Waals surface area contributed by atoms with Crippen molar-refractivity contribution in [2.75, 3.05) is 63.3 Å². The van der Waals surface area contributed by atoms with Gasteiger partial charge >= 0.3 is 0 Å². The summed E-state index contributed by atoms with van der Waals surface area (Å²) >= 11 is 3.67. The highest BCUT2D eigenvalue weighted by molar-refractivity contribution is 8.05. The lowest BCUT2D eigenvalue weighted by atomic mass is 9.87. The minimum Gasteiger partial charge on any atom is -0.383 e. The number of likely N-dealkylation sites (tertiary alicyclic amines) is 1. The summed E-state index contributed by atoms with van der Waals surface area (Å²) in [4.78, 5) is 29.4. The van der Waals surface area contributed by atoms with Crippen molar-refractivity contribution in [2.45, 2.75) is 51.5 Å². The predicted octanol–water partition coefficient (Wildman–Crippen LogP) is 6.78. The first-order chi connectivity index (χ1) is 22.5. The van der Waals surface area contributed by atoms with Crippen molar-refractivity contribution in [3.8, 4) is 0 Å². The Bertz CT molecular complexity index is 1710. The first kappa shape index (κ1) is 31.3. The Hall–Kier alpha value is -3.28. The zero-order chi connectivity index (χ0) is 31.5. The van der Waals surface area contributed by atoms with E-state index in [4.69, 9.17) is 14.5 Å². The van der Waals surface area contributed by atoms with Crippen LogP contribution >= 0.6 is 23.5 Å². The number of aromatic nitrogens is 2. The van der Waals surface area contributed by atoms with Gasteiger partial charge in [0.05, 0.1) is 24.9 Å². The van der Waals surface area contributed by atoms with E-state index in [-0.39, 0.29) is 17.7 Å². The number of aryl methyl sites for hydroxylation is 1. The number of aromatic amines is 1. The van der Waals surface area contributed by atoms with Crippen molar-refractivity contribution in [1.82, 2.24) is 14.9 Å². The second-order valence-corrected chi connectivity index (χ2v) is 14.4. The van der Waals surface area contributed by atoms with Crippen LogP contribution in [0.1, 0.15) is 41.8 Å². The molecule has 46 heavy (non-hydrogen) atoms. The number of morpholine rings is 1. The van der Waals surface area contributed by atoms with E-state index in [0.717, 1.165) is 62.7 Å². The first-order valence-electron chi connectivity index (χ1n) is 16.1. The first-order valence-corrected chi connectivity index (χ1v) is 17.8. The number of rotatable bonds is 9. The normalized spacial score (nSPS) is 19.3. The molecular formula is C36H41N5O3S2. The van der Waals surface area contributed by atoms with Crippen molar-refractivity contribution < 1.29 is 9.47 Å². The van der Waals surface area contributed by atoms with E-state index in [1.54, 1.807) is 19.4 Å². The van der Waals surface area contributed by atoms with Crippen molar-refractivity contribution in [3.63, 3.8) is 0 Å². The Labute approximate surface area is 279 Å². The topological polar surface area (TPSA) is 82.7 Å². The van der Waals surface area contributed by atoms with Gasteiger partial charge in [0, 0.05) is 76.2 Å². The molecule has 0 bridgehead atoms. The average Bonchev–Trinajstić information content (AvgIpc) is 3.09. The molecule has 2 N–H and O–H groups in total. The quantitative estimate of drug-likeness (QED) is 0.179. The predicted molar refractivity (Wildman–Crippen MR) is 185 cm³/mol. The standard InChI is InChI=1S/C36H41N5O3S2/c1-24-6-8-29(38-22-24)35(25-11-14-40(15-12-25)16-18-43-2)39-26-7-9-31-33(20-26)45-32-5-3-4-28(36(32)46-31)30-23-41(17-19-44-30)27-10-13-37-34(42)21-27/h3-10,13,20-22,25,30,35,39H,11-12,14-19,23H2,1-2H3,(H,37,42). The summed E-state index contributed by atoms with van der Waals surface area (Å²) in [7, 11) is 1.78. The largest absolute Gasteiger partial charge is 0.383 e. The smallest absolute Gasteiger partial charge is 0.249 e. The minimum atomic E-state index is -0.0835. The molecule has 2 fully saturated rings. The molecule has 10 heteroatoms. The number of hydrogen-bond acceptors (Lipinski definition) is 9. The van der Waals surface area contributed by atoms with Gasteiger partial charge in [-0.15, -0.1) is 0 Å². The lowest BCUT2D eigenvalue weighted by molar-refractivity contribution is 0.0379. The number of hydrogen-bond donors (Lipinski definition) is 2. The third kappa shape index (κ3) is 7.01. The summed E-state index contributed by atoms with van der Waals surface area (Å²) in [5.41, 5.74) is 5.48. The van der Waals surface area contributed by atoms with Crippen molar-refractivity contribution in [1.29, 1.82) is 0 Å². The van der Waals surface area contributed by atoms with Gasteiger partial charge in [-0.25, -0.2) is 0 Å². The summed E-state index contributed by atoms with van der Waals surface area (Å²) in [6.45, 7) is 8.13. The number of anilines is 2. The zero-order valence-corrected chi connectivity index (χ0v) is 28.0. The zero-order valence-electron chi connectivity index (χ0n) is 26.4. The fourth-order valence-corrected chi connectivity index (χ4v) is 9.12. The Kier molecular flexibility index (Phi) is 9.69. The van der Waals surface area contributed by atoms with Crippen LogP contribution < -0.4 is 15.8 Å². The molecule has 3 aliphatic heterocycles. The molecule has 0 amide bonds. The maximum atomic E-state index is 12.0. The molecule has 0 radical (unpaired) electrons. The van der Waals surface area contributed by atoms with Crippen molar-refractivity contribution in [2.24, 2.45) is 5.92 Å². The van der Waals surface area contributed by atoms with E-state index in [2.05, 4.69) is 75.6 Å². The van der Waals surface area contributed by atoms with Crippen LogP contribution in [0.4, 0.5) is 11.4 Å². The van der Waals surface area contributed by atoms with E-state index >= 15 is 0 Å². The highest BCUT2D eigenvalue weighted by atomic mass is 32.2. The molecule has 3 aliphatic rings. The fourth-order valence-electron chi connectivity index (χ4n) is 6.67. The van der Waals surface area contributed by atoms with Crippen LogP contribution in [0, 0.1) is 12.8 Å². The molecule has 5 heterocycles. The summed E-state index contributed by atoms with van der Waals surface area (Å²) < 4.78 is 11.6. The van der Waals surface area contributed by atoms with E-state index < -0.39 is 0 Å². The van der Waals surface area contributed by atoms with E-state index in [1.807, 2.05) is 35.8 Å². The van der Waals surface area contributed by atoms with Crippen LogP contribution in [-0.4, -0.2) is 67.9 Å². The number of nitrogens with zero attached hydrogens (tertiary/aromatic N) is 3. The number of pyridine rings is 2. The van der Waals surface area contributed by atoms with Gasteiger partial charge < -0.3 is 29.6 Å². The molecule has 8 nitrogen and oxygen atoms in total. The molecule has 2 aromatic carbocycles. The molecule has 2 saturated heterocycles. The van der Waals surface area contributed by atoms with Gasteiger partial charge in [0.25, 0.3) is 0 Å². The highest BCUT2D eigenvalue weighted by Crippen LogP contribution is 2.52. The molecule has 7 rings (SSSR count). The van der Waals surface area contributed by atoms with Gasteiger partial charge in [0.1, 0.15) is 6.10 Å². The van der Waals surface area contributed by atoms with Crippen LogP contribution in [0.15, 0.2) is 97.4 Å². The Balaban J connectivity index is 1.09. The van der Waals surface area contributed by atoms with Crippen molar-refractivity contribution >= 4 is 34.9 Å². The summed E-state index contributed by atoms with van der Waals surface area (Å²) in [6.07, 6.45) is 5.89. The molecule has 2 unspecified atom stereocenters. The number of methoxy groups -OCH3 is 1. The SMILES string of the molecule is COCCN1CCC(C(Nc2ccc3c(c2)Sc2cccc(C4CN(c5cc[nH]c(=O)c5)CCO4)c2S3)c2ccc(C)cn2)CC1. The molecule has 0 saturated carbocycles. The van der Waals surface area contributed by atoms with Crippen LogP contribution in [0.5, 0.6) is 0 Å². The second-order valence-electron chi connectivity index (χ2n) is 12.3. The summed E-state index contributed by atoms with van der Waals surface area (Å²) in [5.74, 6) is 0.500. The number of fused-ring (bicyclic) bond motifs is 2. The lowest BCUT2D eigenvalue weighted by Crippen LogP contribution is -2.39. The molecule has 240 valence electrons. The number of nitrogens with one attached hydrogen (secondary N) is 2. The van der Waals surface area contributed by atoms with Gasteiger partial charge in [-0.1, -0.05) is 41.7 Å². The van der Waals surface area contributed by atoms with Crippen molar-refractivity contribution in [3.05, 3.63) is 100 Å². The lowest BCUT2D eigenvalue weighted by Gasteiger charge is -2.37. The Morgan fingerprint density at radius 3 is 2.74 bits per heavy atom. The fraction of sp³-hybridized carbons (Fsp3) is 0.389. The van der Waals surface area contributed by atoms with Crippen LogP contribution in [0.3, 0.4) is 0 Å². The van der Waals surface area contributed by atoms with Gasteiger partial charge in [-0.3, -0.25) is 9.78 Å². The Morgan fingerprint density at radius 1 is 1.04 bits per heavy atom.